The molecule has 1 saturated heterocycles. The molecule has 88 valence electrons. The van der Waals surface area contributed by atoms with Crippen LogP contribution < -0.4 is 4.74 Å². The molecule has 0 aromatic heterocycles. The van der Waals surface area contributed by atoms with E-state index < -0.39 is 0 Å². The van der Waals surface area contributed by atoms with E-state index in [2.05, 4.69) is 4.90 Å². The number of rotatable bonds is 4. The van der Waals surface area contributed by atoms with Crippen LogP contribution in [0.15, 0.2) is 18.2 Å². The first-order valence-corrected chi connectivity index (χ1v) is 5.87. The second-order valence-electron chi connectivity index (χ2n) is 4.31. The lowest BCUT2D eigenvalue weighted by Gasteiger charge is -2.15. The minimum Gasteiger partial charge on any atom is -0.492 e. The van der Waals surface area contributed by atoms with Crippen LogP contribution in [-0.4, -0.2) is 31.1 Å². The first kappa shape index (κ1) is 11.4. The minimum atomic E-state index is -0.234. The van der Waals surface area contributed by atoms with Crippen molar-refractivity contribution in [2.75, 3.05) is 26.2 Å². The highest BCUT2D eigenvalue weighted by atomic mass is 19.1. The number of ether oxygens (including phenoxy) is 1. The number of halogens is 1. The van der Waals surface area contributed by atoms with Crippen LogP contribution in [0.1, 0.15) is 18.4 Å². The van der Waals surface area contributed by atoms with Gasteiger partial charge in [-0.25, -0.2) is 4.39 Å². The van der Waals surface area contributed by atoms with Gasteiger partial charge in [0.2, 0.25) is 0 Å². The van der Waals surface area contributed by atoms with Crippen LogP contribution in [0.4, 0.5) is 4.39 Å². The lowest BCUT2D eigenvalue weighted by atomic mass is 10.2. The van der Waals surface area contributed by atoms with Crippen LogP contribution in [0.5, 0.6) is 5.75 Å². The highest BCUT2D eigenvalue weighted by molar-refractivity contribution is 5.32. The molecule has 2 nitrogen and oxygen atoms in total. The molecular weight excluding hydrogens is 205 g/mol. The Morgan fingerprint density at radius 2 is 2.06 bits per heavy atom. The summed E-state index contributed by atoms with van der Waals surface area (Å²) in [5, 5.41) is 0. The molecule has 1 aliphatic heterocycles. The zero-order valence-electron chi connectivity index (χ0n) is 9.71. The zero-order valence-corrected chi connectivity index (χ0v) is 9.71. The summed E-state index contributed by atoms with van der Waals surface area (Å²) in [6, 6.07) is 4.67. The van der Waals surface area contributed by atoms with E-state index in [4.69, 9.17) is 4.74 Å². The van der Waals surface area contributed by atoms with Crippen LogP contribution >= 0.6 is 0 Å². The summed E-state index contributed by atoms with van der Waals surface area (Å²) in [5.74, 6) is 0.431. The molecule has 0 spiro atoms. The van der Waals surface area contributed by atoms with Gasteiger partial charge < -0.3 is 4.74 Å². The molecule has 0 bridgehead atoms. The second kappa shape index (κ2) is 5.30. The highest BCUT2D eigenvalue weighted by Gasteiger charge is 2.11. The van der Waals surface area contributed by atoms with Gasteiger partial charge in [0.05, 0.1) is 0 Å². The maximum absolute atomic E-state index is 13.0. The topological polar surface area (TPSA) is 12.5 Å². The molecular formula is C13H18FNO. The Hall–Kier alpha value is -1.09. The summed E-state index contributed by atoms with van der Waals surface area (Å²) in [7, 11) is 0. The van der Waals surface area contributed by atoms with Crippen LogP contribution in [0.3, 0.4) is 0 Å². The van der Waals surface area contributed by atoms with E-state index in [0.717, 1.165) is 12.1 Å². The van der Waals surface area contributed by atoms with Crippen molar-refractivity contribution in [3.63, 3.8) is 0 Å². The van der Waals surface area contributed by atoms with Gasteiger partial charge in [-0.3, -0.25) is 4.90 Å². The molecule has 0 N–H and O–H groups in total. The van der Waals surface area contributed by atoms with Gasteiger partial charge in [-0.05, 0) is 44.5 Å². The third-order valence-electron chi connectivity index (χ3n) is 3.01. The van der Waals surface area contributed by atoms with Crippen molar-refractivity contribution in [1.82, 2.24) is 4.90 Å². The smallest absolute Gasteiger partial charge is 0.126 e. The molecule has 1 aromatic carbocycles. The predicted molar refractivity (Wildman–Crippen MR) is 62.3 cm³/mol. The molecule has 1 fully saturated rings. The average molecular weight is 223 g/mol. The van der Waals surface area contributed by atoms with E-state index in [0.29, 0.717) is 12.4 Å². The highest BCUT2D eigenvalue weighted by Crippen LogP contribution is 2.18. The van der Waals surface area contributed by atoms with Crippen LogP contribution in [0, 0.1) is 12.7 Å². The maximum Gasteiger partial charge on any atom is 0.126 e. The van der Waals surface area contributed by atoms with E-state index in [1.165, 1.54) is 38.1 Å². The fraction of sp³-hybridized carbons (Fsp3) is 0.538. The van der Waals surface area contributed by atoms with Crippen molar-refractivity contribution < 1.29 is 9.13 Å². The first-order valence-electron chi connectivity index (χ1n) is 5.87. The molecule has 1 aromatic rings. The summed E-state index contributed by atoms with van der Waals surface area (Å²) >= 11 is 0. The van der Waals surface area contributed by atoms with Gasteiger partial charge in [-0.15, -0.1) is 0 Å². The Morgan fingerprint density at radius 1 is 1.31 bits per heavy atom. The lowest BCUT2D eigenvalue weighted by Crippen LogP contribution is -2.25. The number of nitrogens with zero attached hydrogens (tertiary/aromatic N) is 1. The molecule has 0 aliphatic carbocycles. The largest absolute Gasteiger partial charge is 0.492 e. The van der Waals surface area contributed by atoms with Crippen LogP contribution in [0.2, 0.25) is 0 Å². The summed E-state index contributed by atoms with van der Waals surface area (Å²) in [4.78, 5) is 2.38. The molecule has 0 amide bonds. The predicted octanol–water partition coefficient (Wildman–Crippen LogP) is 2.61. The van der Waals surface area contributed by atoms with Gasteiger partial charge in [0.1, 0.15) is 18.2 Å². The fourth-order valence-electron chi connectivity index (χ4n) is 2.02. The van der Waals surface area contributed by atoms with Crippen LogP contribution in [-0.2, 0) is 0 Å². The van der Waals surface area contributed by atoms with Gasteiger partial charge in [-0.2, -0.15) is 0 Å². The van der Waals surface area contributed by atoms with E-state index in [1.54, 1.807) is 6.07 Å². The number of hydrogen-bond donors (Lipinski definition) is 0. The van der Waals surface area contributed by atoms with E-state index in [-0.39, 0.29) is 5.82 Å². The van der Waals surface area contributed by atoms with Crippen molar-refractivity contribution in [3.8, 4) is 5.75 Å². The summed E-state index contributed by atoms with van der Waals surface area (Å²) in [6.07, 6.45) is 2.58. The van der Waals surface area contributed by atoms with Crippen molar-refractivity contribution in [1.29, 1.82) is 0 Å². The minimum absolute atomic E-state index is 0.234. The molecule has 1 aliphatic rings. The Kier molecular flexibility index (Phi) is 3.78. The third kappa shape index (κ3) is 2.95. The quantitative estimate of drug-likeness (QED) is 0.778. The van der Waals surface area contributed by atoms with E-state index in [9.17, 15) is 4.39 Å². The third-order valence-corrected chi connectivity index (χ3v) is 3.01. The summed E-state index contributed by atoms with van der Waals surface area (Å²) in [6.45, 7) is 5.86. The molecule has 0 unspecified atom stereocenters. The lowest BCUT2D eigenvalue weighted by molar-refractivity contribution is 0.236. The first-order chi connectivity index (χ1) is 7.75. The Morgan fingerprint density at radius 3 is 2.81 bits per heavy atom. The van der Waals surface area contributed by atoms with Crippen molar-refractivity contribution in [2.45, 2.75) is 19.8 Å². The molecule has 0 radical (unpaired) electrons. The molecule has 1 heterocycles. The maximum atomic E-state index is 13.0. The number of hydrogen-bond acceptors (Lipinski definition) is 2. The standard InChI is InChI=1S/C13H18FNO/c1-11-4-5-12(14)10-13(11)16-9-8-15-6-2-3-7-15/h4-5,10H,2-3,6-9H2,1H3. The normalized spacial score (nSPS) is 16.6. The summed E-state index contributed by atoms with van der Waals surface area (Å²) in [5.41, 5.74) is 0.989. The number of aryl methyl sites for hydroxylation is 1. The van der Waals surface area contributed by atoms with Gasteiger partial charge in [0, 0.05) is 12.6 Å². The second-order valence-corrected chi connectivity index (χ2v) is 4.31. The molecule has 3 heteroatoms. The average Bonchev–Trinajstić information content (AvgIpc) is 2.76. The monoisotopic (exact) mass is 223 g/mol. The SMILES string of the molecule is Cc1ccc(F)cc1OCCN1CCCC1. The number of likely N-dealkylation sites (tertiary alicyclic amines) is 1. The van der Waals surface area contributed by atoms with Gasteiger partial charge in [0.15, 0.2) is 0 Å². The van der Waals surface area contributed by atoms with E-state index >= 15 is 0 Å². The van der Waals surface area contributed by atoms with E-state index in [1.807, 2.05) is 6.92 Å². The molecule has 2 rings (SSSR count). The fourth-order valence-corrected chi connectivity index (χ4v) is 2.02. The van der Waals surface area contributed by atoms with Gasteiger partial charge in [0.25, 0.3) is 0 Å². The zero-order chi connectivity index (χ0) is 11.4. The molecule has 0 saturated carbocycles. The summed E-state index contributed by atoms with van der Waals surface area (Å²) < 4.78 is 18.6. The Balaban J connectivity index is 1.82. The van der Waals surface area contributed by atoms with Crippen molar-refractivity contribution in [3.05, 3.63) is 29.6 Å². The van der Waals surface area contributed by atoms with Gasteiger partial charge in [-0.1, -0.05) is 6.07 Å². The van der Waals surface area contributed by atoms with Crippen molar-refractivity contribution >= 4 is 0 Å². The molecule has 0 atom stereocenters. The molecule has 16 heavy (non-hydrogen) atoms. The van der Waals surface area contributed by atoms with Gasteiger partial charge >= 0.3 is 0 Å². The van der Waals surface area contributed by atoms with Crippen LogP contribution in [0.25, 0.3) is 0 Å². The van der Waals surface area contributed by atoms with Crippen molar-refractivity contribution in [2.24, 2.45) is 0 Å². The Labute approximate surface area is 96.0 Å². The number of benzene rings is 1. The Bertz CT molecular complexity index is 348.